The van der Waals surface area contributed by atoms with Gasteiger partial charge in [-0.05, 0) is 48.5 Å². The quantitative estimate of drug-likeness (QED) is 0.724. The number of benzene rings is 2. The third-order valence-corrected chi connectivity index (χ3v) is 3.78. The number of hydrogen-bond donors (Lipinski definition) is 2. The highest BCUT2D eigenvalue weighted by Crippen LogP contribution is 2.17. The molecule has 0 aliphatic rings. The number of rotatable bonds is 5. The van der Waals surface area contributed by atoms with Crippen LogP contribution in [0.2, 0.25) is 5.02 Å². The summed E-state index contributed by atoms with van der Waals surface area (Å²) in [6.07, 6.45) is 1.54. The second-order valence-corrected chi connectivity index (χ2v) is 5.71. The summed E-state index contributed by atoms with van der Waals surface area (Å²) in [7, 11) is 0. The topological polar surface area (TPSA) is 71.3 Å². The van der Waals surface area contributed by atoms with Gasteiger partial charge in [0.25, 0.3) is 11.8 Å². The first-order chi connectivity index (χ1) is 12.1. The molecule has 0 atom stereocenters. The zero-order valence-corrected chi connectivity index (χ0v) is 13.9. The molecule has 126 valence electrons. The second kappa shape index (κ2) is 7.68. The van der Waals surface area contributed by atoms with Crippen LogP contribution in [-0.2, 0) is 6.54 Å². The Labute approximate surface area is 149 Å². The molecule has 2 aromatic carbocycles. The SMILES string of the molecule is O=C(Nc1ccccc1C(=O)NCc1ccco1)c1ccc(Cl)cc1. The fourth-order valence-corrected chi connectivity index (χ4v) is 2.39. The Morgan fingerprint density at radius 1 is 0.920 bits per heavy atom. The van der Waals surface area contributed by atoms with Gasteiger partial charge in [-0.15, -0.1) is 0 Å². The highest BCUT2D eigenvalue weighted by atomic mass is 35.5. The molecule has 3 aromatic rings. The predicted molar refractivity (Wildman–Crippen MR) is 95.7 cm³/mol. The monoisotopic (exact) mass is 354 g/mol. The molecule has 25 heavy (non-hydrogen) atoms. The average molecular weight is 355 g/mol. The minimum atomic E-state index is -0.317. The lowest BCUT2D eigenvalue weighted by Gasteiger charge is -2.11. The highest BCUT2D eigenvalue weighted by Gasteiger charge is 2.14. The summed E-state index contributed by atoms with van der Waals surface area (Å²) in [6.45, 7) is 0.269. The third-order valence-electron chi connectivity index (χ3n) is 3.53. The fraction of sp³-hybridized carbons (Fsp3) is 0.0526. The molecule has 2 amide bonds. The molecule has 0 bridgehead atoms. The van der Waals surface area contributed by atoms with Gasteiger partial charge in [-0.25, -0.2) is 0 Å². The van der Waals surface area contributed by atoms with Crippen LogP contribution in [0.25, 0.3) is 0 Å². The molecular formula is C19H15ClN2O3. The molecule has 2 N–H and O–H groups in total. The Hall–Kier alpha value is -3.05. The summed E-state index contributed by atoms with van der Waals surface area (Å²) >= 11 is 5.83. The number of nitrogens with one attached hydrogen (secondary N) is 2. The van der Waals surface area contributed by atoms with Crippen LogP contribution in [0.1, 0.15) is 26.5 Å². The first-order valence-corrected chi connectivity index (χ1v) is 7.98. The van der Waals surface area contributed by atoms with Crippen LogP contribution >= 0.6 is 11.6 Å². The molecule has 0 aliphatic heterocycles. The molecule has 0 spiro atoms. The van der Waals surface area contributed by atoms with Crippen molar-refractivity contribution in [2.45, 2.75) is 6.54 Å². The second-order valence-electron chi connectivity index (χ2n) is 5.27. The maximum absolute atomic E-state index is 12.4. The van der Waals surface area contributed by atoms with Crippen LogP contribution in [0.5, 0.6) is 0 Å². The number of carbonyl (C=O) groups is 2. The van der Waals surface area contributed by atoms with E-state index in [1.807, 2.05) is 0 Å². The summed E-state index contributed by atoms with van der Waals surface area (Å²) in [5.41, 5.74) is 1.26. The molecule has 6 heteroatoms. The van der Waals surface area contributed by atoms with Crippen molar-refractivity contribution in [3.8, 4) is 0 Å². The largest absolute Gasteiger partial charge is 0.467 e. The zero-order valence-electron chi connectivity index (χ0n) is 13.2. The van der Waals surface area contributed by atoms with Crippen LogP contribution in [0.15, 0.2) is 71.3 Å². The molecule has 0 fully saturated rings. The van der Waals surface area contributed by atoms with E-state index in [9.17, 15) is 9.59 Å². The number of halogens is 1. The molecule has 5 nitrogen and oxygen atoms in total. The molecular weight excluding hydrogens is 340 g/mol. The van der Waals surface area contributed by atoms with Gasteiger partial charge in [-0.1, -0.05) is 23.7 Å². The zero-order chi connectivity index (χ0) is 17.6. The number of anilines is 1. The average Bonchev–Trinajstić information content (AvgIpc) is 3.14. The molecule has 3 rings (SSSR count). The van der Waals surface area contributed by atoms with E-state index in [0.717, 1.165) is 0 Å². The van der Waals surface area contributed by atoms with Crippen molar-refractivity contribution in [1.82, 2.24) is 5.32 Å². The maximum atomic E-state index is 12.4. The van der Waals surface area contributed by atoms with Gasteiger partial charge in [0.1, 0.15) is 5.76 Å². The Balaban J connectivity index is 1.72. The van der Waals surface area contributed by atoms with Crippen LogP contribution in [0.4, 0.5) is 5.69 Å². The fourth-order valence-electron chi connectivity index (χ4n) is 2.26. The van der Waals surface area contributed by atoms with Crippen molar-refractivity contribution < 1.29 is 14.0 Å². The van der Waals surface area contributed by atoms with Crippen molar-refractivity contribution >= 4 is 29.1 Å². The number of para-hydroxylation sites is 1. The molecule has 0 unspecified atom stereocenters. The Bertz CT molecular complexity index is 874. The van der Waals surface area contributed by atoms with Crippen LogP contribution < -0.4 is 10.6 Å². The molecule has 1 aromatic heterocycles. The van der Waals surface area contributed by atoms with E-state index < -0.39 is 0 Å². The standard InChI is InChI=1S/C19H15ClN2O3/c20-14-9-7-13(8-10-14)18(23)22-17-6-2-1-5-16(17)19(24)21-12-15-4-3-11-25-15/h1-11H,12H2,(H,21,24)(H,22,23). The number of amides is 2. The van der Waals surface area contributed by atoms with Crippen LogP contribution in [0, 0.1) is 0 Å². The lowest BCUT2D eigenvalue weighted by atomic mass is 10.1. The van der Waals surface area contributed by atoms with E-state index in [1.165, 1.54) is 0 Å². The van der Waals surface area contributed by atoms with Gasteiger partial charge >= 0.3 is 0 Å². The van der Waals surface area contributed by atoms with Gasteiger partial charge in [-0.3, -0.25) is 9.59 Å². The highest BCUT2D eigenvalue weighted by molar-refractivity contribution is 6.30. The van der Waals surface area contributed by atoms with Gasteiger partial charge in [0.15, 0.2) is 0 Å². The minimum absolute atomic E-state index is 0.269. The van der Waals surface area contributed by atoms with E-state index in [1.54, 1.807) is 66.9 Å². The van der Waals surface area contributed by atoms with Crippen molar-refractivity contribution in [1.29, 1.82) is 0 Å². The third kappa shape index (κ3) is 4.28. The van der Waals surface area contributed by atoms with Gasteiger partial charge in [0.2, 0.25) is 0 Å². The molecule has 1 heterocycles. The van der Waals surface area contributed by atoms with Crippen LogP contribution in [-0.4, -0.2) is 11.8 Å². The van der Waals surface area contributed by atoms with Gasteiger partial charge in [0, 0.05) is 10.6 Å². The minimum Gasteiger partial charge on any atom is -0.467 e. The first-order valence-electron chi connectivity index (χ1n) is 7.60. The van der Waals surface area contributed by atoms with E-state index >= 15 is 0 Å². The first kappa shape index (κ1) is 16.8. The van der Waals surface area contributed by atoms with Crippen LogP contribution in [0.3, 0.4) is 0 Å². The van der Waals surface area contributed by atoms with E-state index in [4.69, 9.17) is 16.0 Å². The van der Waals surface area contributed by atoms with Gasteiger partial charge < -0.3 is 15.1 Å². The van der Waals surface area contributed by atoms with E-state index in [-0.39, 0.29) is 18.4 Å². The summed E-state index contributed by atoms with van der Waals surface area (Å²) in [6, 6.07) is 16.9. The Kier molecular flexibility index (Phi) is 5.16. The summed E-state index contributed by atoms with van der Waals surface area (Å²) in [5, 5.41) is 6.07. The predicted octanol–water partition coefficient (Wildman–Crippen LogP) is 4.12. The van der Waals surface area contributed by atoms with Crippen molar-refractivity contribution in [3.63, 3.8) is 0 Å². The smallest absolute Gasteiger partial charge is 0.255 e. The summed E-state index contributed by atoms with van der Waals surface area (Å²) in [4.78, 5) is 24.7. The van der Waals surface area contributed by atoms with E-state index in [0.29, 0.717) is 27.6 Å². The number of carbonyl (C=O) groups excluding carboxylic acids is 2. The lowest BCUT2D eigenvalue weighted by Crippen LogP contribution is -2.24. The molecule has 0 radical (unpaired) electrons. The molecule has 0 saturated heterocycles. The maximum Gasteiger partial charge on any atom is 0.255 e. The van der Waals surface area contributed by atoms with Crippen molar-refractivity contribution in [2.75, 3.05) is 5.32 Å². The summed E-state index contributed by atoms with van der Waals surface area (Å²) < 4.78 is 5.19. The van der Waals surface area contributed by atoms with Gasteiger partial charge in [0.05, 0.1) is 24.1 Å². The molecule has 0 aliphatic carbocycles. The lowest BCUT2D eigenvalue weighted by molar-refractivity contribution is 0.0949. The summed E-state index contributed by atoms with van der Waals surface area (Å²) in [5.74, 6) is 0.0300. The number of hydrogen-bond acceptors (Lipinski definition) is 3. The van der Waals surface area contributed by atoms with Crippen molar-refractivity contribution in [3.05, 3.63) is 88.8 Å². The Morgan fingerprint density at radius 2 is 1.68 bits per heavy atom. The number of furan rings is 1. The van der Waals surface area contributed by atoms with Crippen molar-refractivity contribution in [2.24, 2.45) is 0 Å². The van der Waals surface area contributed by atoms with Gasteiger partial charge in [-0.2, -0.15) is 0 Å². The molecule has 0 saturated carbocycles. The Morgan fingerprint density at radius 3 is 2.40 bits per heavy atom. The van der Waals surface area contributed by atoms with E-state index in [2.05, 4.69) is 10.6 Å². The normalized spacial score (nSPS) is 10.3.